The molecule has 0 saturated carbocycles. The number of nitrogens with zero attached hydrogens (tertiary/aromatic N) is 3. The van der Waals surface area contributed by atoms with Crippen molar-refractivity contribution in [2.75, 3.05) is 13.6 Å². The lowest BCUT2D eigenvalue weighted by atomic mass is 10.2. The van der Waals surface area contributed by atoms with Crippen molar-refractivity contribution in [3.05, 3.63) is 18.0 Å². The van der Waals surface area contributed by atoms with E-state index in [4.69, 9.17) is 0 Å². The first kappa shape index (κ1) is 14.5. The number of aliphatic hydroxyl groups is 1. The van der Waals surface area contributed by atoms with Crippen LogP contribution in [-0.2, 0) is 7.05 Å². The molecule has 1 rings (SSSR count). The average Bonchev–Trinajstić information content (AvgIpc) is 2.72. The van der Waals surface area contributed by atoms with Crippen molar-refractivity contribution >= 4 is 6.03 Å². The van der Waals surface area contributed by atoms with Crippen molar-refractivity contribution in [1.29, 1.82) is 0 Å². The minimum absolute atomic E-state index is 0.0831. The molecular formula is C12H22N4O2. The summed E-state index contributed by atoms with van der Waals surface area (Å²) >= 11 is 0. The van der Waals surface area contributed by atoms with Crippen LogP contribution in [0.5, 0.6) is 0 Å². The van der Waals surface area contributed by atoms with Gasteiger partial charge in [-0.25, -0.2) is 4.79 Å². The Hall–Kier alpha value is -1.56. The van der Waals surface area contributed by atoms with Gasteiger partial charge in [0, 0.05) is 32.4 Å². The predicted octanol–water partition coefficient (Wildman–Crippen LogP) is 0.893. The summed E-state index contributed by atoms with van der Waals surface area (Å²) < 4.78 is 1.70. The third kappa shape index (κ3) is 4.37. The topological polar surface area (TPSA) is 70.4 Å². The molecule has 6 nitrogen and oxygen atoms in total. The van der Waals surface area contributed by atoms with Gasteiger partial charge in [-0.2, -0.15) is 5.10 Å². The lowest BCUT2D eigenvalue weighted by molar-refractivity contribution is 0.162. The van der Waals surface area contributed by atoms with E-state index in [9.17, 15) is 9.90 Å². The Morgan fingerprint density at radius 1 is 1.61 bits per heavy atom. The zero-order valence-corrected chi connectivity index (χ0v) is 11.4. The molecule has 2 atom stereocenters. The number of urea groups is 1. The SMILES string of the molecule is CC(O)CCN(C)C(=O)NC(C)c1cnn(C)c1. The second-order valence-corrected chi connectivity index (χ2v) is 4.68. The molecule has 0 radical (unpaired) electrons. The number of hydrogen-bond acceptors (Lipinski definition) is 3. The van der Waals surface area contributed by atoms with Crippen LogP contribution in [0.2, 0.25) is 0 Å². The molecule has 2 unspecified atom stereocenters. The van der Waals surface area contributed by atoms with Gasteiger partial charge in [-0.05, 0) is 20.3 Å². The molecule has 18 heavy (non-hydrogen) atoms. The minimum Gasteiger partial charge on any atom is -0.393 e. The summed E-state index contributed by atoms with van der Waals surface area (Å²) in [5.74, 6) is 0. The highest BCUT2D eigenvalue weighted by Crippen LogP contribution is 2.10. The summed E-state index contributed by atoms with van der Waals surface area (Å²) in [6.07, 6.45) is 3.79. The van der Waals surface area contributed by atoms with E-state index in [-0.39, 0.29) is 12.1 Å². The van der Waals surface area contributed by atoms with Gasteiger partial charge in [0.2, 0.25) is 0 Å². The van der Waals surface area contributed by atoms with E-state index in [1.54, 1.807) is 29.7 Å². The fourth-order valence-electron chi connectivity index (χ4n) is 1.52. The minimum atomic E-state index is -0.393. The molecule has 0 aromatic carbocycles. The molecule has 0 bridgehead atoms. The Morgan fingerprint density at radius 3 is 2.78 bits per heavy atom. The molecule has 1 aromatic heterocycles. The number of hydrogen-bond donors (Lipinski definition) is 2. The Morgan fingerprint density at radius 2 is 2.28 bits per heavy atom. The van der Waals surface area contributed by atoms with Crippen molar-refractivity contribution in [3.8, 4) is 0 Å². The average molecular weight is 254 g/mol. The molecule has 0 fully saturated rings. The van der Waals surface area contributed by atoms with Gasteiger partial charge >= 0.3 is 6.03 Å². The van der Waals surface area contributed by atoms with Crippen LogP contribution < -0.4 is 5.32 Å². The highest BCUT2D eigenvalue weighted by Gasteiger charge is 2.14. The monoisotopic (exact) mass is 254 g/mol. The number of aromatic nitrogens is 2. The molecule has 0 aliphatic heterocycles. The van der Waals surface area contributed by atoms with E-state index in [0.717, 1.165) is 5.56 Å². The van der Waals surface area contributed by atoms with E-state index in [0.29, 0.717) is 13.0 Å². The molecule has 0 spiro atoms. The van der Waals surface area contributed by atoms with Crippen LogP contribution >= 0.6 is 0 Å². The molecular weight excluding hydrogens is 232 g/mol. The van der Waals surface area contributed by atoms with Gasteiger partial charge in [0.25, 0.3) is 0 Å². The standard InChI is InChI=1S/C12H22N4O2/c1-9(17)5-6-15(3)12(18)14-10(2)11-7-13-16(4)8-11/h7-10,17H,5-6H2,1-4H3,(H,14,18). The third-order valence-corrected chi connectivity index (χ3v) is 2.79. The number of nitrogens with one attached hydrogen (secondary N) is 1. The number of aryl methyl sites for hydroxylation is 1. The van der Waals surface area contributed by atoms with E-state index in [1.807, 2.05) is 20.2 Å². The summed E-state index contributed by atoms with van der Waals surface area (Å²) in [5.41, 5.74) is 0.967. The van der Waals surface area contributed by atoms with Crippen molar-refractivity contribution in [2.24, 2.45) is 7.05 Å². The number of carbonyl (C=O) groups excluding carboxylic acids is 1. The van der Waals surface area contributed by atoms with Crippen LogP contribution in [0.3, 0.4) is 0 Å². The summed E-state index contributed by atoms with van der Waals surface area (Å²) in [7, 11) is 3.56. The van der Waals surface area contributed by atoms with Gasteiger partial charge in [0.15, 0.2) is 0 Å². The molecule has 2 amide bonds. The number of amides is 2. The van der Waals surface area contributed by atoms with Crippen molar-refractivity contribution < 1.29 is 9.90 Å². The van der Waals surface area contributed by atoms with Gasteiger partial charge in [-0.1, -0.05) is 0 Å². The lowest BCUT2D eigenvalue weighted by Crippen LogP contribution is -2.39. The lowest BCUT2D eigenvalue weighted by Gasteiger charge is -2.21. The van der Waals surface area contributed by atoms with Crippen molar-refractivity contribution in [3.63, 3.8) is 0 Å². The summed E-state index contributed by atoms with van der Waals surface area (Å²) in [4.78, 5) is 13.4. The van der Waals surface area contributed by atoms with Crippen LogP contribution in [0, 0.1) is 0 Å². The van der Waals surface area contributed by atoms with Gasteiger partial charge in [0.1, 0.15) is 0 Å². The maximum Gasteiger partial charge on any atom is 0.317 e. The van der Waals surface area contributed by atoms with E-state index >= 15 is 0 Å². The maximum absolute atomic E-state index is 11.9. The largest absolute Gasteiger partial charge is 0.393 e. The van der Waals surface area contributed by atoms with E-state index < -0.39 is 6.10 Å². The summed E-state index contributed by atoms with van der Waals surface area (Å²) in [6, 6.07) is -0.229. The number of carbonyl (C=O) groups is 1. The fourth-order valence-corrected chi connectivity index (χ4v) is 1.52. The van der Waals surface area contributed by atoms with Crippen LogP contribution in [0.25, 0.3) is 0 Å². The Kier molecular flexibility index (Phi) is 5.15. The summed E-state index contributed by atoms with van der Waals surface area (Å²) in [5, 5.41) is 16.1. The molecule has 1 aromatic rings. The molecule has 0 aliphatic rings. The zero-order chi connectivity index (χ0) is 13.7. The molecule has 0 aliphatic carbocycles. The van der Waals surface area contributed by atoms with Gasteiger partial charge in [-0.15, -0.1) is 0 Å². The van der Waals surface area contributed by atoms with Crippen LogP contribution in [0.4, 0.5) is 4.79 Å². The maximum atomic E-state index is 11.9. The second-order valence-electron chi connectivity index (χ2n) is 4.68. The zero-order valence-electron chi connectivity index (χ0n) is 11.4. The number of aliphatic hydroxyl groups excluding tert-OH is 1. The van der Waals surface area contributed by atoms with E-state index in [1.165, 1.54) is 0 Å². The Balaban J connectivity index is 2.44. The van der Waals surface area contributed by atoms with Crippen molar-refractivity contribution in [2.45, 2.75) is 32.4 Å². The van der Waals surface area contributed by atoms with Gasteiger partial charge < -0.3 is 15.3 Å². The molecule has 2 N–H and O–H groups in total. The smallest absolute Gasteiger partial charge is 0.317 e. The Bertz CT molecular complexity index is 389. The molecule has 0 saturated heterocycles. The van der Waals surface area contributed by atoms with Crippen LogP contribution in [0.1, 0.15) is 31.9 Å². The third-order valence-electron chi connectivity index (χ3n) is 2.79. The van der Waals surface area contributed by atoms with Gasteiger partial charge in [-0.3, -0.25) is 4.68 Å². The van der Waals surface area contributed by atoms with Gasteiger partial charge in [0.05, 0.1) is 18.3 Å². The first-order valence-electron chi connectivity index (χ1n) is 6.08. The summed E-state index contributed by atoms with van der Waals surface area (Å²) in [6.45, 7) is 4.16. The fraction of sp³-hybridized carbons (Fsp3) is 0.667. The molecule has 102 valence electrons. The van der Waals surface area contributed by atoms with Crippen molar-refractivity contribution in [1.82, 2.24) is 20.0 Å². The second kappa shape index (κ2) is 6.39. The first-order valence-corrected chi connectivity index (χ1v) is 6.08. The molecule has 1 heterocycles. The first-order chi connectivity index (χ1) is 8.40. The highest BCUT2D eigenvalue weighted by molar-refractivity contribution is 5.74. The quantitative estimate of drug-likeness (QED) is 0.820. The normalized spacial score (nSPS) is 14.1. The predicted molar refractivity (Wildman–Crippen MR) is 69.1 cm³/mol. The van der Waals surface area contributed by atoms with Crippen LogP contribution in [0.15, 0.2) is 12.4 Å². The Labute approximate surface area is 108 Å². The molecule has 6 heteroatoms. The van der Waals surface area contributed by atoms with Crippen LogP contribution in [-0.4, -0.2) is 45.5 Å². The number of rotatable bonds is 5. The van der Waals surface area contributed by atoms with E-state index in [2.05, 4.69) is 10.4 Å². The highest BCUT2D eigenvalue weighted by atomic mass is 16.3.